The number of hydrogen-bond acceptors (Lipinski definition) is 8. The molecule has 4 aromatic rings. The van der Waals surface area contributed by atoms with Crippen molar-refractivity contribution in [3.05, 3.63) is 35.4 Å². The van der Waals surface area contributed by atoms with Gasteiger partial charge in [-0.05, 0) is 37.1 Å². The standard InChI is InChI=1S/C14H12N6S2/c1-7-3-5-9(13-11(7)17-21-19-13)15-16-10-6-4-8(2)12-14(10)20-22-18-12/h3-6,15-16H,1-2H3. The Balaban J connectivity index is 1.69. The summed E-state index contributed by atoms with van der Waals surface area (Å²) in [6, 6.07) is 8.05. The van der Waals surface area contributed by atoms with E-state index in [4.69, 9.17) is 0 Å². The Bertz CT molecular complexity index is 894. The Morgan fingerprint density at radius 1 is 0.636 bits per heavy atom. The summed E-state index contributed by atoms with van der Waals surface area (Å²) >= 11 is 2.44. The minimum atomic E-state index is 0.872. The zero-order chi connectivity index (χ0) is 15.1. The fraction of sp³-hybridized carbons (Fsp3) is 0.143. The number of nitrogens with one attached hydrogen (secondary N) is 2. The first-order valence-electron chi connectivity index (χ1n) is 6.70. The molecule has 4 rings (SSSR count). The number of hydrogen-bond donors (Lipinski definition) is 2. The summed E-state index contributed by atoms with van der Waals surface area (Å²) in [5, 5.41) is 0. The molecule has 2 heterocycles. The Morgan fingerprint density at radius 3 is 1.50 bits per heavy atom. The van der Waals surface area contributed by atoms with E-state index in [0.717, 1.165) is 44.6 Å². The van der Waals surface area contributed by atoms with Crippen molar-refractivity contribution in [3.8, 4) is 0 Å². The molecule has 0 spiro atoms. The van der Waals surface area contributed by atoms with Crippen molar-refractivity contribution in [1.29, 1.82) is 0 Å². The van der Waals surface area contributed by atoms with Crippen LogP contribution in [0.2, 0.25) is 0 Å². The quantitative estimate of drug-likeness (QED) is 0.558. The summed E-state index contributed by atoms with van der Waals surface area (Å²) in [6.45, 7) is 4.07. The number of rotatable bonds is 3. The van der Waals surface area contributed by atoms with Crippen molar-refractivity contribution >= 4 is 56.9 Å². The molecule has 8 heteroatoms. The molecule has 2 aromatic heterocycles. The number of benzene rings is 2. The number of anilines is 2. The minimum absolute atomic E-state index is 0.872. The van der Waals surface area contributed by atoms with E-state index in [-0.39, 0.29) is 0 Å². The molecule has 110 valence electrons. The summed E-state index contributed by atoms with van der Waals surface area (Å²) in [7, 11) is 0. The molecule has 0 aliphatic heterocycles. The van der Waals surface area contributed by atoms with Gasteiger partial charge in [-0.3, -0.25) is 10.9 Å². The third-order valence-corrected chi connectivity index (χ3v) is 4.62. The van der Waals surface area contributed by atoms with E-state index in [1.165, 1.54) is 23.5 Å². The normalized spacial score (nSPS) is 11.2. The monoisotopic (exact) mass is 328 g/mol. The van der Waals surface area contributed by atoms with Crippen LogP contribution in [-0.4, -0.2) is 17.5 Å². The van der Waals surface area contributed by atoms with E-state index >= 15 is 0 Å². The van der Waals surface area contributed by atoms with Gasteiger partial charge in [0.2, 0.25) is 0 Å². The second-order valence-corrected chi connectivity index (χ2v) is 6.09. The molecule has 0 bridgehead atoms. The first-order chi connectivity index (χ1) is 10.7. The van der Waals surface area contributed by atoms with Crippen LogP contribution in [0, 0.1) is 13.8 Å². The molecular formula is C14H12N6S2. The van der Waals surface area contributed by atoms with Crippen LogP contribution in [0.15, 0.2) is 24.3 Å². The van der Waals surface area contributed by atoms with E-state index in [0.29, 0.717) is 0 Å². The Hall–Kier alpha value is -2.32. The Kier molecular flexibility index (Phi) is 3.12. The van der Waals surface area contributed by atoms with Gasteiger partial charge >= 0.3 is 0 Å². The van der Waals surface area contributed by atoms with Gasteiger partial charge in [-0.1, -0.05) is 12.1 Å². The molecule has 0 aliphatic carbocycles. The van der Waals surface area contributed by atoms with Gasteiger partial charge in [-0.15, -0.1) is 0 Å². The van der Waals surface area contributed by atoms with Crippen molar-refractivity contribution in [1.82, 2.24) is 17.5 Å². The van der Waals surface area contributed by atoms with E-state index in [1.54, 1.807) is 0 Å². The zero-order valence-corrected chi connectivity index (χ0v) is 13.5. The van der Waals surface area contributed by atoms with Gasteiger partial charge in [-0.2, -0.15) is 17.5 Å². The van der Waals surface area contributed by atoms with E-state index in [2.05, 4.69) is 28.3 Å². The van der Waals surface area contributed by atoms with Crippen LogP contribution in [-0.2, 0) is 0 Å². The summed E-state index contributed by atoms with van der Waals surface area (Å²) < 4.78 is 17.4. The van der Waals surface area contributed by atoms with Gasteiger partial charge in [0.25, 0.3) is 0 Å². The van der Waals surface area contributed by atoms with Crippen LogP contribution in [0.3, 0.4) is 0 Å². The fourth-order valence-corrected chi connectivity index (χ4v) is 3.56. The van der Waals surface area contributed by atoms with Crippen LogP contribution >= 0.6 is 23.5 Å². The lowest BCUT2D eigenvalue weighted by atomic mass is 10.2. The van der Waals surface area contributed by atoms with Crippen molar-refractivity contribution in [3.63, 3.8) is 0 Å². The maximum absolute atomic E-state index is 4.36. The number of hydrazine groups is 1. The third kappa shape index (κ3) is 2.08. The topological polar surface area (TPSA) is 75.6 Å². The third-order valence-electron chi connectivity index (χ3n) is 3.57. The second kappa shape index (κ2) is 5.15. The molecular weight excluding hydrogens is 316 g/mol. The highest BCUT2D eigenvalue weighted by Crippen LogP contribution is 2.27. The van der Waals surface area contributed by atoms with Crippen LogP contribution in [0.25, 0.3) is 22.1 Å². The zero-order valence-electron chi connectivity index (χ0n) is 11.9. The van der Waals surface area contributed by atoms with Crippen LogP contribution in [0.4, 0.5) is 11.4 Å². The molecule has 0 saturated carbocycles. The van der Waals surface area contributed by atoms with Gasteiger partial charge in [0.05, 0.1) is 34.8 Å². The SMILES string of the molecule is Cc1ccc(NNc2ccc(C)c3nsnc23)c2nsnc12. The molecule has 0 aliphatic rings. The molecule has 2 aromatic carbocycles. The lowest BCUT2D eigenvalue weighted by molar-refractivity contribution is 1.39. The van der Waals surface area contributed by atoms with E-state index < -0.39 is 0 Å². The lowest BCUT2D eigenvalue weighted by Crippen LogP contribution is -2.09. The predicted molar refractivity (Wildman–Crippen MR) is 91.5 cm³/mol. The van der Waals surface area contributed by atoms with Crippen molar-refractivity contribution < 1.29 is 0 Å². The molecule has 0 atom stereocenters. The number of nitrogens with zero attached hydrogens (tertiary/aromatic N) is 4. The summed E-state index contributed by atoms with van der Waals surface area (Å²) in [6.07, 6.45) is 0. The summed E-state index contributed by atoms with van der Waals surface area (Å²) in [5.74, 6) is 0. The molecule has 0 fully saturated rings. The van der Waals surface area contributed by atoms with Gasteiger partial charge in [0.1, 0.15) is 22.1 Å². The average Bonchev–Trinajstić information content (AvgIpc) is 3.18. The first-order valence-corrected chi connectivity index (χ1v) is 8.16. The molecule has 0 unspecified atom stereocenters. The fourth-order valence-electron chi connectivity index (χ4n) is 2.32. The second-order valence-electron chi connectivity index (χ2n) is 5.03. The molecule has 0 radical (unpaired) electrons. The molecule has 0 saturated heterocycles. The highest BCUT2D eigenvalue weighted by atomic mass is 32.1. The molecule has 22 heavy (non-hydrogen) atoms. The minimum Gasteiger partial charge on any atom is -0.299 e. The highest BCUT2D eigenvalue weighted by molar-refractivity contribution is 7.00. The van der Waals surface area contributed by atoms with Gasteiger partial charge < -0.3 is 0 Å². The van der Waals surface area contributed by atoms with Gasteiger partial charge in [0.15, 0.2) is 0 Å². The van der Waals surface area contributed by atoms with Crippen LogP contribution < -0.4 is 10.9 Å². The summed E-state index contributed by atoms with van der Waals surface area (Å²) in [5.41, 5.74) is 14.1. The average molecular weight is 328 g/mol. The van der Waals surface area contributed by atoms with Crippen molar-refractivity contribution in [2.45, 2.75) is 13.8 Å². The van der Waals surface area contributed by atoms with Crippen molar-refractivity contribution in [2.75, 3.05) is 10.9 Å². The van der Waals surface area contributed by atoms with Gasteiger partial charge in [0, 0.05) is 0 Å². The first kappa shape index (κ1) is 13.4. The van der Waals surface area contributed by atoms with Crippen molar-refractivity contribution in [2.24, 2.45) is 0 Å². The largest absolute Gasteiger partial charge is 0.299 e. The van der Waals surface area contributed by atoms with Gasteiger partial charge in [-0.25, -0.2) is 0 Å². The molecule has 6 nitrogen and oxygen atoms in total. The Morgan fingerprint density at radius 2 is 1.05 bits per heavy atom. The highest BCUT2D eigenvalue weighted by Gasteiger charge is 2.10. The van der Waals surface area contributed by atoms with Crippen LogP contribution in [0.5, 0.6) is 0 Å². The Labute approximate surface area is 134 Å². The maximum atomic E-state index is 4.36. The molecule has 0 amide bonds. The maximum Gasteiger partial charge on any atom is 0.129 e. The lowest BCUT2D eigenvalue weighted by Gasteiger charge is -2.11. The van der Waals surface area contributed by atoms with Crippen LogP contribution in [0.1, 0.15) is 11.1 Å². The molecule has 2 N–H and O–H groups in total. The number of fused-ring (bicyclic) bond motifs is 2. The summed E-state index contributed by atoms with van der Waals surface area (Å²) in [4.78, 5) is 0. The number of aryl methyl sites for hydroxylation is 2. The van der Waals surface area contributed by atoms with E-state index in [1.807, 2.05) is 38.1 Å². The smallest absolute Gasteiger partial charge is 0.129 e. The predicted octanol–water partition coefficient (Wildman–Crippen LogP) is 3.75. The number of aromatic nitrogens is 4. The van der Waals surface area contributed by atoms with E-state index in [9.17, 15) is 0 Å².